The summed E-state index contributed by atoms with van der Waals surface area (Å²) in [6.07, 6.45) is 0.966. The standard InChI is InChI=1S/C22H20F2O5S/c1-30(25,26)29-15-18-10-21(27-13-16-2-6-19(23)7-3-16)12-22(11-18)28-14-17-4-8-20(24)9-5-17/h2-12H,13-15H2,1H3. The SMILES string of the molecule is CS(=O)(=O)OCc1cc(OCc2ccc(F)cc2)cc(OCc2ccc(F)cc2)c1. The third-order valence-electron chi connectivity index (χ3n) is 4.02. The molecule has 0 saturated carbocycles. The molecule has 0 spiro atoms. The predicted molar refractivity (Wildman–Crippen MR) is 108 cm³/mol. The monoisotopic (exact) mass is 434 g/mol. The van der Waals surface area contributed by atoms with Crippen molar-refractivity contribution in [1.82, 2.24) is 0 Å². The van der Waals surface area contributed by atoms with Crippen molar-refractivity contribution in [1.29, 1.82) is 0 Å². The van der Waals surface area contributed by atoms with Crippen molar-refractivity contribution in [2.75, 3.05) is 6.26 Å². The van der Waals surface area contributed by atoms with E-state index in [9.17, 15) is 17.2 Å². The summed E-state index contributed by atoms with van der Waals surface area (Å²) in [5.74, 6) is 0.191. The average Bonchev–Trinajstić information content (AvgIpc) is 2.71. The Hall–Kier alpha value is -2.97. The van der Waals surface area contributed by atoms with Crippen molar-refractivity contribution < 1.29 is 30.9 Å². The van der Waals surface area contributed by atoms with E-state index in [1.54, 1.807) is 42.5 Å². The van der Waals surface area contributed by atoms with Gasteiger partial charge in [-0.1, -0.05) is 24.3 Å². The smallest absolute Gasteiger partial charge is 0.264 e. The molecule has 0 aliphatic carbocycles. The van der Waals surface area contributed by atoms with Gasteiger partial charge in [0.15, 0.2) is 0 Å². The first-order chi connectivity index (χ1) is 14.3. The maximum atomic E-state index is 13.0. The first kappa shape index (κ1) is 21.7. The number of benzene rings is 3. The van der Waals surface area contributed by atoms with Gasteiger partial charge < -0.3 is 9.47 Å². The molecule has 0 aliphatic heterocycles. The molecule has 0 fully saturated rings. The predicted octanol–water partition coefficient (Wildman–Crippen LogP) is 4.60. The van der Waals surface area contributed by atoms with Crippen molar-refractivity contribution in [3.63, 3.8) is 0 Å². The molecule has 0 aromatic heterocycles. The molecule has 0 aliphatic rings. The molecule has 3 aromatic carbocycles. The number of hydrogen-bond acceptors (Lipinski definition) is 5. The normalized spacial score (nSPS) is 11.3. The summed E-state index contributed by atoms with van der Waals surface area (Å²) in [4.78, 5) is 0. The molecule has 0 saturated heterocycles. The van der Waals surface area contributed by atoms with Crippen molar-refractivity contribution in [3.05, 3.63) is 95.1 Å². The molecule has 3 aromatic rings. The van der Waals surface area contributed by atoms with Gasteiger partial charge in [0, 0.05) is 6.07 Å². The van der Waals surface area contributed by atoms with E-state index in [0.29, 0.717) is 17.1 Å². The van der Waals surface area contributed by atoms with E-state index in [4.69, 9.17) is 13.7 Å². The van der Waals surface area contributed by atoms with Crippen LogP contribution in [-0.2, 0) is 34.1 Å². The van der Waals surface area contributed by atoms with Gasteiger partial charge in [-0.15, -0.1) is 0 Å². The summed E-state index contributed by atoms with van der Waals surface area (Å²) in [5.41, 5.74) is 2.07. The van der Waals surface area contributed by atoms with Crippen molar-refractivity contribution >= 4 is 10.1 Å². The number of hydrogen-bond donors (Lipinski definition) is 0. The molecule has 0 heterocycles. The molecular weight excluding hydrogens is 414 g/mol. The van der Waals surface area contributed by atoms with E-state index in [0.717, 1.165) is 17.4 Å². The van der Waals surface area contributed by atoms with Crippen LogP contribution in [0.25, 0.3) is 0 Å². The third kappa shape index (κ3) is 7.13. The van der Waals surface area contributed by atoms with Gasteiger partial charge in [-0.25, -0.2) is 8.78 Å². The third-order valence-corrected chi connectivity index (χ3v) is 4.56. The lowest BCUT2D eigenvalue weighted by molar-refractivity contribution is 0.283. The topological polar surface area (TPSA) is 61.8 Å². The summed E-state index contributed by atoms with van der Waals surface area (Å²) in [5, 5.41) is 0. The fourth-order valence-electron chi connectivity index (χ4n) is 2.55. The van der Waals surface area contributed by atoms with Gasteiger partial charge in [0.2, 0.25) is 0 Å². The van der Waals surface area contributed by atoms with E-state index in [1.165, 1.54) is 24.3 Å². The minimum atomic E-state index is -3.62. The van der Waals surface area contributed by atoms with Gasteiger partial charge in [0.05, 0.1) is 12.9 Å². The van der Waals surface area contributed by atoms with Gasteiger partial charge in [-0.05, 0) is 53.1 Å². The quantitative estimate of drug-likeness (QED) is 0.461. The summed E-state index contributed by atoms with van der Waals surface area (Å²) in [6.45, 7) is 0.196. The molecule has 0 atom stereocenters. The Labute approximate surface area is 174 Å². The zero-order valence-electron chi connectivity index (χ0n) is 16.2. The van der Waals surface area contributed by atoms with Gasteiger partial charge in [-0.2, -0.15) is 8.42 Å². The average molecular weight is 434 g/mol. The van der Waals surface area contributed by atoms with Crippen LogP contribution in [0.5, 0.6) is 11.5 Å². The van der Waals surface area contributed by atoms with Crippen molar-refractivity contribution in [2.24, 2.45) is 0 Å². The van der Waals surface area contributed by atoms with Crippen LogP contribution < -0.4 is 9.47 Å². The summed E-state index contributed by atoms with van der Waals surface area (Å²) < 4.78 is 65.1. The van der Waals surface area contributed by atoms with E-state index in [-0.39, 0.29) is 31.5 Å². The zero-order valence-corrected chi connectivity index (χ0v) is 17.0. The first-order valence-electron chi connectivity index (χ1n) is 9.00. The van der Waals surface area contributed by atoms with Crippen LogP contribution in [0.3, 0.4) is 0 Å². The largest absolute Gasteiger partial charge is 0.489 e. The fourth-order valence-corrected chi connectivity index (χ4v) is 2.90. The van der Waals surface area contributed by atoms with Crippen LogP contribution in [0.4, 0.5) is 8.78 Å². The van der Waals surface area contributed by atoms with E-state index >= 15 is 0 Å². The molecule has 0 radical (unpaired) electrons. The lowest BCUT2D eigenvalue weighted by Gasteiger charge is -2.13. The van der Waals surface area contributed by atoms with E-state index in [2.05, 4.69) is 0 Å². The lowest BCUT2D eigenvalue weighted by Crippen LogP contribution is -2.04. The number of rotatable bonds is 9. The minimum absolute atomic E-state index is 0.181. The van der Waals surface area contributed by atoms with Crippen LogP contribution >= 0.6 is 0 Å². The van der Waals surface area contributed by atoms with E-state index < -0.39 is 10.1 Å². The van der Waals surface area contributed by atoms with Gasteiger partial charge >= 0.3 is 0 Å². The second-order valence-corrected chi connectivity index (χ2v) is 8.25. The summed E-state index contributed by atoms with van der Waals surface area (Å²) in [7, 11) is -3.62. The Morgan fingerprint density at radius 1 is 0.667 bits per heavy atom. The molecule has 5 nitrogen and oxygen atoms in total. The molecule has 0 N–H and O–H groups in total. The molecule has 158 valence electrons. The van der Waals surface area contributed by atoms with Crippen molar-refractivity contribution in [3.8, 4) is 11.5 Å². The fraction of sp³-hybridized carbons (Fsp3) is 0.182. The Morgan fingerprint density at radius 3 is 1.50 bits per heavy atom. The first-order valence-corrected chi connectivity index (χ1v) is 10.8. The Kier molecular flexibility index (Phi) is 7.02. The van der Waals surface area contributed by atoms with Gasteiger partial charge in [0.1, 0.15) is 36.3 Å². The number of ether oxygens (including phenoxy) is 2. The molecule has 30 heavy (non-hydrogen) atoms. The lowest BCUT2D eigenvalue weighted by atomic mass is 10.2. The zero-order chi connectivity index (χ0) is 21.6. The molecule has 0 bridgehead atoms. The molecule has 0 amide bonds. The summed E-state index contributed by atoms with van der Waals surface area (Å²) in [6, 6.07) is 16.7. The van der Waals surface area contributed by atoms with Crippen LogP contribution in [0, 0.1) is 11.6 Å². The minimum Gasteiger partial charge on any atom is -0.489 e. The maximum Gasteiger partial charge on any atom is 0.264 e. The highest BCUT2D eigenvalue weighted by Crippen LogP contribution is 2.25. The van der Waals surface area contributed by atoms with Crippen LogP contribution in [0.15, 0.2) is 66.7 Å². The molecule has 0 unspecified atom stereocenters. The van der Waals surface area contributed by atoms with Crippen LogP contribution in [-0.4, -0.2) is 14.7 Å². The Balaban J connectivity index is 1.74. The molecular formula is C22H20F2O5S. The van der Waals surface area contributed by atoms with Crippen LogP contribution in [0.1, 0.15) is 16.7 Å². The molecule has 8 heteroatoms. The van der Waals surface area contributed by atoms with E-state index in [1.807, 2.05) is 0 Å². The second kappa shape index (κ2) is 9.69. The van der Waals surface area contributed by atoms with Gasteiger partial charge in [-0.3, -0.25) is 4.18 Å². The van der Waals surface area contributed by atoms with Crippen molar-refractivity contribution in [2.45, 2.75) is 19.8 Å². The molecule has 3 rings (SSSR count). The highest BCUT2D eigenvalue weighted by Gasteiger charge is 2.08. The number of halogens is 2. The Bertz CT molecular complexity index is 1010. The highest BCUT2D eigenvalue weighted by molar-refractivity contribution is 7.85. The van der Waals surface area contributed by atoms with Crippen LogP contribution in [0.2, 0.25) is 0 Å². The Morgan fingerprint density at radius 2 is 1.10 bits per heavy atom. The van der Waals surface area contributed by atoms with Gasteiger partial charge in [0.25, 0.3) is 10.1 Å². The maximum absolute atomic E-state index is 13.0. The second-order valence-electron chi connectivity index (χ2n) is 6.61. The summed E-state index contributed by atoms with van der Waals surface area (Å²) >= 11 is 0. The highest BCUT2D eigenvalue weighted by atomic mass is 32.2.